The van der Waals surface area contributed by atoms with Crippen LogP contribution in [0.2, 0.25) is 0 Å². The quantitative estimate of drug-likeness (QED) is 0.606. The van der Waals surface area contributed by atoms with Crippen LogP contribution in [0.15, 0.2) is 24.3 Å². The number of amides is 1. The molecule has 2 aliphatic rings. The fourth-order valence-electron chi connectivity index (χ4n) is 4.32. The average Bonchev–Trinajstić information content (AvgIpc) is 2.63. The summed E-state index contributed by atoms with van der Waals surface area (Å²) in [6.45, 7) is 4.13. The van der Waals surface area contributed by atoms with Crippen LogP contribution in [0.5, 0.6) is 5.75 Å². The molecular formula is C22H28F3NO4. The van der Waals surface area contributed by atoms with Crippen molar-refractivity contribution in [1.29, 1.82) is 0 Å². The highest BCUT2D eigenvalue weighted by Gasteiger charge is 2.44. The highest BCUT2D eigenvalue weighted by Crippen LogP contribution is 2.39. The van der Waals surface area contributed by atoms with Crippen LogP contribution in [0.4, 0.5) is 18.0 Å². The van der Waals surface area contributed by atoms with Crippen molar-refractivity contribution in [3.05, 3.63) is 29.8 Å². The van der Waals surface area contributed by atoms with Gasteiger partial charge in [0.2, 0.25) is 0 Å². The van der Waals surface area contributed by atoms with Crippen LogP contribution in [-0.4, -0.2) is 47.2 Å². The molecule has 2 unspecified atom stereocenters. The van der Waals surface area contributed by atoms with E-state index in [1.54, 1.807) is 0 Å². The smallest absolute Gasteiger partial charge is 0.422 e. The molecule has 2 saturated heterocycles. The van der Waals surface area contributed by atoms with E-state index >= 15 is 0 Å². The first-order chi connectivity index (χ1) is 13.9. The second-order valence-electron chi connectivity index (χ2n) is 9.09. The van der Waals surface area contributed by atoms with Gasteiger partial charge in [-0.05, 0) is 77.1 Å². The highest BCUT2D eigenvalue weighted by molar-refractivity contribution is 5.98. The number of alkyl halides is 3. The number of piperidine rings is 2. The number of fused-ring (bicyclic) bond motifs is 2. The molecule has 2 fully saturated rings. The zero-order chi connectivity index (χ0) is 22.1. The molecule has 0 aromatic heterocycles. The predicted molar refractivity (Wildman–Crippen MR) is 105 cm³/mol. The number of carbonyl (C=O) groups is 2. The van der Waals surface area contributed by atoms with E-state index in [2.05, 4.69) is 0 Å². The van der Waals surface area contributed by atoms with Gasteiger partial charge in [-0.2, -0.15) is 13.2 Å². The topological polar surface area (TPSA) is 55.8 Å². The third-order valence-electron chi connectivity index (χ3n) is 5.49. The molecule has 0 N–H and O–H groups in total. The number of ketones is 1. The van der Waals surface area contributed by atoms with Crippen molar-refractivity contribution in [3.8, 4) is 5.75 Å². The minimum atomic E-state index is -4.41. The third-order valence-corrected chi connectivity index (χ3v) is 5.49. The Morgan fingerprint density at radius 3 is 2.10 bits per heavy atom. The molecule has 2 atom stereocenters. The van der Waals surface area contributed by atoms with Crippen molar-refractivity contribution in [2.24, 2.45) is 5.92 Å². The van der Waals surface area contributed by atoms with Gasteiger partial charge in [0.1, 0.15) is 11.4 Å². The number of ether oxygens (including phenoxy) is 2. The fraction of sp³-hybridized carbons (Fsp3) is 0.636. The lowest BCUT2D eigenvalue weighted by Gasteiger charge is -2.48. The average molecular weight is 427 g/mol. The van der Waals surface area contributed by atoms with Crippen LogP contribution in [-0.2, 0) is 4.74 Å². The molecule has 30 heavy (non-hydrogen) atoms. The van der Waals surface area contributed by atoms with E-state index in [4.69, 9.17) is 9.47 Å². The summed E-state index contributed by atoms with van der Waals surface area (Å²) >= 11 is 0. The van der Waals surface area contributed by atoms with Crippen LogP contribution in [0.25, 0.3) is 0 Å². The highest BCUT2D eigenvalue weighted by atomic mass is 19.4. The summed E-state index contributed by atoms with van der Waals surface area (Å²) in [5.41, 5.74) is -0.128. The van der Waals surface area contributed by atoms with Crippen molar-refractivity contribution < 1.29 is 32.2 Å². The molecule has 2 heterocycles. The summed E-state index contributed by atoms with van der Waals surface area (Å²) in [7, 11) is 0. The number of nitrogens with zero attached hydrogens (tertiary/aromatic N) is 1. The summed E-state index contributed by atoms with van der Waals surface area (Å²) in [6, 6.07) is 5.71. The van der Waals surface area contributed by atoms with Gasteiger partial charge in [-0.3, -0.25) is 4.79 Å². The Morgan fingerprint density at radius 1 is 1.03 bits per heavy atom. The van der Waals surface area contributed by atoms with Crippen molar-refractivity contribution >= 4 is 11.9 Å². The van der Waals surface area contributed by atoms with E-state index in [0.29, 0.717) is 18.4 Å². The van der Waals surface area contributed by atoms with E-state index < -0.39 is 18.4 Å². The third kappa shape index (κ3) is 5.67. The van der Waals surface area contributed by atoms with Gasteiger partial charge >= 0.3 is 12.3 Å². The molecule has 0 radical (unpaired) electrons. The van der Waals surface area contributed by atoms with E-state index in [1.165, 1.54) is 24.3 Å². The normalized spacial score (nSPS) is 24.3. The summed E-state index contributed by atoms with van der Waals surface area (Å²) < 4.78 is 47.1. The standard InChI is InChI=1S/C22H28F3NO4/c1-21(2,3)30-20(28)26-16-5-4-6-17(26)12-15(11-16)19(27)14-7-9-18(10-8-14)29-13-22(23,24)25/h7-10,15-17H,4-6,11-13H2,1-3H3. The molecule has 1 amide bonds. The Kier molecular flexibility index (Phi) is 6.34. The lowest BCUT2D eigenvalue weighted by Crippen LogP contribution is -2.56. The van der Waals surface area contributed by atoms with Gasteiger partial charge in [-0.15, -0.1) is 0 Å². The number of rotatable bonds is 4. The van der Waals surface area contributed by atoms with Crippen LogP contribution in [0.1, 0.15) is 63.2 Å². The molecule has 3 rings (SSSR count). The molecule has 0 aliphatic carbocycles. The molecule has 0 saturated carbocycles. The summed E-state index contributed by atoms with van der Waals surface area (Å²) in [5.74, 6) is -0.195. The molecule has 166 valence electrons. The second kappa shape index (κ2) is 8.47. The Hall–Kier alpha value is -2.25. The largest absolute Gasteiger partial charge is 0.484 e. The number of hydrogen-bond acceptors (Lipinski definition) is 4. The Labute approximate surface area is 174 Å². The molecule has 5 nitrogen and oxygen atoms in total. The van der Waals surface area contributed by atoms with E-state index in [1.807, 2.05) is 25.7 Å². The van der Waals surface area contributed by atoms with Crippen molar-refractivity contribution in [1.82, 2.24) is 4.90 Å². The summed E-state index contributed by atoms with van der Waals surface area (Å²) in [6.07, 6.45) is -0.904. The lowest BCUT2D eigenvalue weighted by molar-refractivity contribution is -0.153. The Bertz CT molecular complexity index is 756. The summed E-state index contributed by atoms with van der Waals surface area (Å²) in [5, 5.41) is 0. The molecule has 8 heteroatoms. The monoisotopic (exact) mass is 427 g/mol. The first-order valence-corrected chi connectivity index (χ1v) is 10.3. The number of carbonyl (C=O) groups excluding carboxylic acids is 2. The van der Waals surface area contributed by atoms with Crippen molar-refractivity contribution in [3.63, 3.8) is 0 Å². The first-order valence-electron chi connectivity index (χ1n) is 10.3. The molecule has 2 bridgehead atoms. The van der Waals surface area contributed by atoms with Gasteiger partial charge in [0.25, 0.3) is 0 Å². The van der Waals surface area contributed by atoms with Gasteiger partial charge in [-0.25, -0.2) is 4.79 Å². The van der Waals surface area contributed by atoms with Crippen LogP contribution < -0.4 is 4.74 Å². The maximum absolute atomic E-state index is 13.0. The van der Waals surface area contributed by atoms with Crippen LogP contribution in [0.3, 0.4) is 0 Å². The number of Topliss-reactive ketones (excluding diaryl/α,β-unsaturated/α-hetero) is 1. The zero-order valence-electron chi connectivity index (χ0n) is 17.5. The van der Waals surface area contributed by atoms with Crippen molar-refractivity contribution in [2.45, 2.75) is 76.7 Å². The van der Waals surface area contributed by atoms with E-state index in [0.717, 1.165) is 19.3 Å². The van der Waals surface area contributed by atoms with Crippen LogP contribution in [0, 0.1) is 5.92 Å². The minimum Gasteiger partial charge on any atom is -0.484 e. The SMILES string of the molecule is CC(C)(C)OC(=O)N1C2CCCC1CC(C(=O)c1ccc(OCC(F)(F)F)cc1)C2. The van der Waals surface area contributed by atoms with Crippen LogP contribution >= 0.6 is 0 Å². The van der Waals surface area contributed by atoms with Gasteiger partial charge < -0.3 is 14.4 Å². The van der Waals surface area contributed by atoms with Gasteiger partial charge in [0.15, 0.2) is 12.4 Å². The fourth-order valence-corrected chi connectivity index (χ4v) is 4.32. The summed E-state index contributed by atoms with van der Waals surface area (Å²) in [4.78, 5) is 27.5. The first kappa shape index (κ1) is 22.4. The Morgan fingerprint density at radius 2 is 1.60 bits per heavy atom. The second-order valence-corrected chi connectivity index (χ2v) is 9.09. The number of hydrogen-bond donors (Lipinski definition) is 0. The molecule has 1 aromatic rings. The molecule has 2 aliphatic heterocycles. The lowest BCUT2D eigenvalue weighted by atomic mass is 9.76. The van der Waals surface area contributed by atoms with Gasteiger partial charge in [0, 0.05) is 23.6 Å². The predicted octanol–water partition coefficient (Wildman–Crippen LogP) is 5.38. The zero-order valence-corrected chi connectivity index (χ0v) is 17.5. The van der Waals surface area contributed by atoms with Crippen molar-refractivity contribution in [2.75, 3.05) is 6.61 Å². The maximum atomic E-state index is 13.0. The van der Waals surface area contributed by atoms with E-state index in [-0.39, 0.29) is 35.6 Å². The Balaban J connectivity index is 1.65. The maximum Gasteiger partial charge on any atom is 0.422 e. The molecule has 1 aromatic carbocycles. The van der Waals surface area contributed by atoms with Gasteiger partial charge in [0.05, 0.1) is 0 Å². The minimum absolute atomic E-state index is 0.0318. The number of benzene rings is 1. The number of halogens is 3. The van der Waals surface area contributed by atoms with Gasteiger partial charge in [-0.1, -0.05) is 0 Å². The molecular weight excluding hydrogens is 399 g/mol. The van der Waals surface area contributed by atoms with E-state index in [9.17, 15) is 22.8 Å². The molecule has 0 spiro atoms.